The third-order valence-electron chi connectivity index (χ3n) is 3.43. The first-order valence-corrected chi connectivity index (χ1v) is 10.7. The lowest BCUT2D eigenvalue weighted by Crippen LogP contribution is -2.15. The number of thiazole rings is 1. The van der Waals surface area contributed by atoms with Gasteiger partial charge in [-0.1, -0.05) is 23.5 Å². The van der Waals surface area contributed by atoms with Gasteiger partial charge in [-0.25, -0.2) is 13.6 Å². The van der Waals surface area contributed by atoms with Crippen molar-refractivity contribution in [2.75, 3.05) is 0 Å². The first-order chi connectivity index (χ1) is 12.4. The van der Waals surface area contributed by atoms with Crippen LogP contribution >= 0.6 is 22.7 Å². The first-order valence-electron chi connectivity index (χ1n) is 7.46. The molecule has 1 aromatic carbocycles. The van der Waals surface area contributed by atoms with E-state index in [4.69, 9.17) is 5.14 Å². The Hall–Kier alpha value is -2.33. The number of carbonyl (C=O) groups excluding carboxylic acids is 1. The first kappa shape index (κ1) is 18.5. The van der Waals surface area contributed by atoms with E-state index in [1.165, 1.54) is 40.9 Å². The van der Waals surface area contributed by atoms with Crippen LogP contribution in [0.5, 0.6) is 0 Å². The van der Waals surface area contributed by atoms with Crippen molar-refractivity contribution in [2.24, 2.45) is 10.1 Å². The van der Waals surface area contributed by atoms with E-state index in [2.05, 4.69) is 11.6 Å². The summed E-state index contributed by atoms with van der Waals surface area (Å²) in [6.07, 6.45) is 4.80. The molecular formula is C17H15N3O3S3. The summed E-state index contributed by atoms with van der Waals surface area (Å²) in [5.41, 5.74) is 0.760. The Morgan fingerprint density at radius 3 is 2.81 bits per heavy atom. The summed E-state index contributed by atoms with van der Waals surface area (Å²) in [6.45, 7) is 4.16. The van der Waals surface area contributed by atoms with Crippen LogP contribution in [0.3, 0.4) is 0 Å². The normalized spacial score (nSPS) is 12.9. The molecule has 26 heavy (non-hydrogen) atoms. The van der Waals surface area contributed by atoms with Crippen LogP contribution in [0.25, 0.3) is 16.3 Å². The number of nitrogens with two attached hydrogens (primary N) is 1. The highest BCUT2D eigenvalue weighted by atomic mass is 32.2. The van der Waals surface area contributed by atoms with Crippen LogP contribution in [-0.2, 0) is 21.4 Å². The Bertz CT molecular complexity index is 1170. The van der Waals surface area contributed by atoms with Crippen molar-refractivity contribution in [3.63, 3.8) is 0 Å². The van der Waals surface area contributed by atoms with Crippen LogP contribution in [-0.4, -0.2) is 18.9 Å². The Morgan fingerprint density at radius 2 is 2.15 bits per heavy atom. The van der Waals surface area contributed by atoms with Gasteiger partial charge in [-0.05, 0) is 35.7 Å². The second kappa shape index (κ2) is 7.50. The smallest absolute Gasteiger partial charge is 0.272 e. The quantitative estimate of drug-likeness (QED) is 0.522. The van der Waals surface area contributed by atoms with E-state index in [0.29, 0.717) is 16.0 Å². The highest BCUT2D eigenvalue weighted by Crippen LogP contribution is 2.21. The molecule has 0 bridgehead atoms. The van der Waals surface area contributed by atoms with E-state index in [1.54, 1.807) is 22.8 Å². The molecule has 0 unspecified atom stereocenters. The predicted molar refractivity (Wildman–Crippen MR) is 105 cm³/mol. The Morgan fingerprint density at radius 1 is 1.35 bits per heavy atom. The van der Waals surface area contributed by atoms with Crippen molar-refractivity contribution in [1.82, 2.24) is 4.57 Å². The van der Waals surface area contributed by atoms with Gasteiger partial charge in [0.1, 0.15) is 0 Å². The van der Waals surface area contributed by atoms with E-state index in [-0.39, 0.29) is 4.90 Å². The largest absolute Gasteiger partial charge is 0.312 e. The molecule has 134 valence electrons. The van der Waals surface area contributed by atoms with Crippen molar-refractivity contribution in [3.8, 4) is 0 Å². The number of sulfonamides is 1. The van der Waals surface area contributed by atoms with E-state index in [9.17, 15) is 13.2 Å². The number of nitrogens with zero attached hydrogens (tertiary/aromatic N) is 2. The molecule has 3 rings (SSSR count). The second-order valence-electron chi connectivity index (χ2n) is 5.26. The van der Waals surface area contributed by atoms with Crippen LogP contribution in [0.2, 0.25) is 0 Å². The summed E-state index contributed by atoms with van der Waals surface area (Å²) >= 11 is 2.75. The molecule has 9 heteroatoms. The predicted octanol–water partition coefficient (Wildman–Crippen LogP) is 2.74. The van der Waals surface area contributed by atoms with Crippen LogP contribution in [0.1, 0.15) is 4.88 Å². The molecule has 0 fully saturated rings. The summed E-state index contributed by atoms with van der Waals surface area (Å²) in [4.78, 5) is 17.8. The molecule has 0 radical (unpaired) electrons. The number of amides is 1. The van der Waals surface area contributed by atoms with Crippen LogP contribution in [0.15, 0.2) is 64.3 Å². The monoisotopic (exact) mass is 405 g/mol. The molecule has 0 spiro atoms. The number of fused-ring (bicyclic) bond motifs is 1. The van der Waals surface area contributed by atoms with Gasteiger partial charge in [-0.2, -0.15) is 4.99 Å². The highest BCUT2D eigenvalue weighted by molar-refractivity contribution is 7.89. The molecule has 2 aromatic heterocycles. The number of carbonyl (C=O) groups is 1. The number of hydrogen-bond acceptors (Lipinski definition) is 5. The third kappa shape index (κ3) is 4.07. The van der Waals surface area contributed by atoms with Gasteiger partial charge in [-0.3, -0.25) is 4.79 Å². The molecule has 2 N–H and O–H groups in total. The highest BCUT2D eigenvalue weighted by Gasteiger charge is 2.12. The Kier molecular flexibility index (Phi) is 5.33. The van der Waals surface area contributed by atoms with Gasteiger partial charge in [0, 0.05) is 17.5 Å². The standard InChI is InChI=1S/C17H15N3O3S3/c1-2-9-20-14-7-6-13(26(18,22)23)11-15(14)25-17(20)19-16(21)8-5-12-4-3-10-24-12/h2-8,10-11H,1,9H2,(H2,18,22,23). The van der Waals surface area contributed by atoms with Crippen LogP contribution < -0.4 is 9.94 Å². The lowest BCUT2D eigenvalue weighted by Gasteiger charge is -2.02. The number of aromatic nitrogens is 1. The maximum Gasteiger partial charge on any atom is 0.272 e. The number of allylic oxidation sites excluding steroid dienone is 1. The zero-order chi connectivity index (χ0) is 18.7. The van der Waals surface area contributed by atoms with Gasteiger partial charge in [0.15, 0.2) is 4.80 Å². The summed E-state index contributed by atoms with van der Waals surface area (Å²) in [5.74, 6) is -0.394. The number of benzene rings is 1. The van der Waals surface area contributed by atoms with E-state index in [0.717, 1.165) is 10.4 Å². The van der Waals surface area contributed by atoms with Crippen molar-refractivity contribution < 1.29 is 13.2 Å². The van der Waals surface area contributed by atoms with Gasteiger partial charge < -0.3 is 4.57 Å². The fourth-order valence-corrected chi connectivity index (χ4v) is 4.61. The molecular weight excluding hydrogens is 390 g/mol. The van der Waals surface area contributed by atoms with Crippen molar-refractivity contribution >= 4 is 54.9 Å². The Labute approximate surface area is 158 Å². The SMILES string of the molecule is C=CCn1c(=NC(=O)C=Cc2cccs2)sc2cc(S(N)(=O)=O)ccc21. The summed E-state index contributed by atoms with van der Waals surface area (Å²) in [5, 5.41) is 7.11. The number of thiophene rings is 1. The van der Waals surface area contributed by atoms with Crippen molar-refractivity contribution in [1.29, 1.82) is 0 Å². The van der Waals surface area contributed by atoms with E-state index >= 15 is 0 Å². The molecule has 0 aliphatic rings. The fourth-order valence-electron chi connectivity index (χ4n) is 2.29. The number of hydrogen-bond donors (Lipinski definition) is 1. The fraction of sp³-hybridized carbons (Fsp3) is 0.0588. The van der Waals surface area contributed by atoms with Crippen LogP contribution in [0, 0.1) is 0 Å². The maximum atomic E-state index is 12.2. The van der Waals surface area contributed by atoms with E-state index < -0.39 is 15.9 Å². The maximum absolute atomic E-state index is 12.2. The van der Waals surface area contributed by atoms with Gasteiger partial charge >= 0.3 is 0 Å². The van der Waals surface area contributed by atoms with Gasteiger partial charge in [0.25, 0.3) is 5.91 Å². The number of primary sulfonamides is 1. The number of rotatable bonds is 5. The zero-order valence-corrected chi connectivity index (χ0v) is 16.0. The van der Waals surface area contributed by atoms with Crippen molar-refractivity contribution in [2.45, 2.75) is 11.4 Å². The summed E-state index contributed by atoms with van der Waals surface area (Å²) in [6, 6.07) is 8.38. The summed E-state index contributed by atoms with van der Waals surface area (Å²) in [7, 11) is -3.80. The van der Waals surface area contributed by atoms with Crippen molar-refractivity contribution in [3.05, 3.63) is 64.1 Å². The zero-order valence-electron chi connectivity index (χ0n) is 13.5. The Balaban J connectivity index is 2.07. The molecule has 0 aliphatic heterocycles. The van der Waals surface area contributed by atoms with Gasteiger partial charge in [0.2, 0.25) is 10.0 Å². The third-order valence-corrected chi connectivity index (χ3v) is 6.22. The molecule has 3 aromatic rings. The molecule has 0 saturated carbocycles. The van der Waals surface area contributed by atoms with Crippen LogP contribution in [0.4, 0.5) is 0 Å². The minimum atomic E-state index is -3.80. The molecule has 0 atom stereocenters. The average Bonchev–Trinajstić information content (AvgIpc) is 3.20. The van der Waals surface area contributed by atoms with E-state index in [1.807, 2.05) is 17.5 Å². The lowest BCUT2D eigenvalue weighted by atomic mass is 10.3. The second-order valence-corrected chi connectivity index (χ2v) is 8.81. The lowest BCUT2D eigenvalue weighted by molar-refractivity contribution is -0.113. The molecule has 0 aliphatic carbocycles. The molecule has 0 saturated heterocycles. The minimum Gasteiger partial charge on any atom is -0.312 e. The minimum absolute atomic E-state index is 0.0208. The summed E-state index contributed by atoms with van der Waals surface area (Å²) < 4.78 is 25.6. The molecule has 1 amide bonds. The molecule has 6 nitrogen and oxygen atoms in total. The topological polar surface area (TPSA) is 94.5 Å². The molecule has 2 heterocycles. The van der Waals surface area contributed by atoms with Gasteiger partial charge in [0.05, 0.1) is 15.1 Å². The average molecular weight is 406 g/mol. The van der Waals surface area contributed by atoms with Gasteiger partial charge in [-0.15, -0.1) is 17.9 Å².